The molecule has 2 rings (SSSR count). The number of carbonyl (C=O) groups is 1. The van der Waals surface area contributed by atoms with Crippen LogP contribution in [0.1, 0.15) is 22.8 Å². The number of esters is 1. The average molecular weight is 308 g/mol. The number of aryl methyl sites for hydroxylation is 1. The Kier molecular flexibility index (Phi) is 3.87. The first kappa shape index (κ1) is 12.9. The van der Waals surface area contributed by atoms with Gasteiger partial charge in [-0.3, -0.25) is 0 Å². The van der Waals surface area contributed by atoms with Gasteiger partial charge >= 0.3 is 5.97 Å². The number of ether oxygens (including phenoxy) is 1. The highest BCUT2D eigenvalue weighted by Crippen LogP contribution is 2.27. The molecule has 0 saturated heterocycles. The second-order valence-electron chi connectivity index (χ2n) is 3.95. The molecule has 0 atom stereocenters. The number of H-pyrrole nitrogens is 1. The summed E-state index contributed by atoms with van der Waals surface area (Å²) in [4.78, 5) is 15.1. The van der Waals surface area contributed by atoms with Gasteiger partial charge in [0.2, 0.25) is 0 Å². The predicted molar refractivity (Wildman–Crippen MR) is 74.6 cm³/mol. The van der Waals surface area contributed by atoms with E-state index < -0.39 is 0 Å². The Morgan fingerprint density at radius 2 is 2.00 bits per heavy atom. The second-order valence-corrected chi connectivity index (χ2v) is 4.86. The molecule has 0 bridgehead atoms. The van der Waals surface area contributed by atoms with Gasteiger partial charge < -0.3 is 9.72 Å². The molecular formula is C14H14BrNO2. The number of hydrogen-bond donors (Lipinski definition) is 1. The molecule has 0 aliphatic carbocycles. The molecule has 2 aromatic rings. The summed E-state index contributed by atoms with van der Waals surface area (Å²) >= 11 is 3.39. The molecule has 4 heteroatoms. The van der Waals surface area contributed by atoms with E-state index in [1.54, 1.807) is 6.92 Å². The first-order valence-electron chi connectivity index (χ1n) is 5.74. The van der Waals surface area contributed by atoms with E-state index in [1.807, 2.05) is 37.4 Å². The number of aromatic amines is 1. The van der Waals surface area contributed by atoms with E-state index in [0.717, 1.165) is 21.3 Å². The van der Waals surface area contributed by atoms with Crippen molar-refractivity contribution >= 4 is 21.9 Å². The molecule has 0 aliphatic rings. The summed E-state index contributed by atoms with van der Waals surface area (Å²) in [6.07, 6.45) is 1.82. The van der Waals surface area contributed by atoms with E-state index in [2.05, 4.69) is 20.9 Å². The first-order chi connectivity index (χ1) is 8.63. The Hall–Kier alpha value is -1.55. The van der Waals surface area contributed by atoms with E-state index in [0.29, 0.717) is 12.2 Å². The second kappa shape index (κ2) is 5.40. The lowest BCUT2D eigenvalue weighted by Gasteiger charge is -2.05. The van der Waals surface area contributed by atoms with E-state index in [1.165, 1.54) is 0 Å². The van der Waals surface area contributed by atoms with Gasteiger partial charge in [-0.1, -0.05) is 28.1 Å². The molecule has 1 N–H and O–H groups in total. The Morgan fingerprint density at radius 1 is 1.33 bits per heavy atom. The van der Waals surface area contributed by atoms with Crippen LogP contribution in [-0.4, -0.2) is 17.6 Å². The van der Waals surface area contributed by atoms with Gasteiger partial charge in [-0.25, -0.2) is 4.79 Å². The molecule has 0 amide bonds. The Labute approximate surface area is 114 Å². The smallest absolute Gasteiger partial charge is 0.340 e. The average Bonchev–Trinajstić information content (AvgIpc) is 2.72. The Bertz CT molecular complexity index is 558. The number of aromatic nitrogens is 1. The molecule has 3 nitrogen and oxygen atoms in total. The molecule has 1 heterocycles. The van der Waals surface area contributed by atoms with Crippen molar-refractivity contribution in [2.24, 2.45) is 0 Å². The maximum atomic E-state index is 11.9. The maximum absolute atomic E-state index is 11.9. The third-order valence-electron chi connectivity index (χ3n) is 2.69. The summed E-state index contributed by atoms with van der Waals surface area (Å²) in [5.74, 6) is -0.283. The number of rotatable bonds is 3. The SMILES string of the molecule is CCOC(=O)c1c(C)c[nH]c1-c1ccc(Br)cc1. The lowest BCUT2D eigenvalue weighted by Crippen LogP contribution is -2.06. The van der Waals surface area contributed by atoms with Crippen molar-refractivity contribution in [3.8, 4) is 11.3 Å². The van der Waals surface area contributed by atoms with Crippen molar-refractivity contribution in [2.75, 3.05) is 6.61 Å². The molecule has 0 radical (unpaired) electrons. The number of benzene rings is 1. The quantitative estimate of drug-likeness (QED) is 0.873. The number of hydrogen-bond acceptors (Lipinski definition) is 2. The molecule has 1 aromatic carbocycles. The van der Waals surface area contributed by atoms with Crippen LogP contribution in [-0.2, 0) is 4.74 Å². The fraction of sp³-hybridized carbons (Fsp3) is 0.214. The number of nitrogens with one attached hydrogen (secondary N) is 1. The van der Waals surface area contributed by atoms with Gasteiger partial charge in [0.1, 0.15) is 0 Å². The minimum atomic E-state index is -0.283. The maximum Gasteiger partial charge on any atom is 0.340 e. The number of carbonyl (C=O) groups excluding carboxylic acids is 1. The van der Waals surface area contributed by atoms with Crippen LogP contribution in [0.3, 0.4) is 0 Å². The van der Waals surface area contributed by atoms with Crippen molar-refractivity contribution in [3.63, 3.8) is 0 Å². The zero-order valence-electron chi connectivity index (χ0n) is 10.3. The summed E-state index contributed by atoms with van der Waals surface area (Å²) in [6, 6.07) is 7.80. The largest absolute Gasteiger partial charge is 0.462 e. The summed E-state index contributed by atoms with van der Waals surface area (Å²) < 4.78 is 6.09. The Morgan fingerprint density at radius 3 is 2.61 bits per heavy atom. The van der Waals surface area contributed by atoms with E-state index in [4.69, 9.17) is 4.74 Å². The molecular weight excluding hydrogens is 294 g/mol. The fourth-order valence-corrected chi connectivity index (χ4v) is 2.10. The van der Waals surface area contributed by atoms with E-state index in [-0.39, 0.29) is 5.97 Å². The van der Waals surface area contributed by atoms with Gasteiger partial charge in [0.25, 0.3) is 0 Å². The lowest BCUT2D eigenvalue weighted by atomic mass is 10.1. The molecule has 0 aliphatic heterocycles. The molecule has 0 unspecified atom stereocenters. The third kappa shape index (κ3) is 2.48. The van der Waals surface area contributed by atoms with Crippen molar-refractivity contribution in [2.45, 2.75) is 13.8 Å². The van der Waals surface area contributed by atoms with E-state index >= 15 is 0 Å². The highest BCUT2D eigenvalue weighted by atomic mass is 79.9. The van der Waals surface area contributed by atoms with Crippen LogP contribution in [0.2, 0.25) is 0 Å². The monoisotopic (exact) mass is 307 g/mol. The zero-order valence-corrected chi connectivity index (χ0v) is 11.9. The van der Waals surface area contributed by atoms with Crippen LogP contribution in [0.25, 0.3) is 11.3 Å². The van der Waals surface area contributed by atoms with Crippen LogP contribution < -0.4 is 0 Å². The van der Waals surface area contributed by atoms with Gasteiger partial charge in [-0.15, -0.1) is 0 Å². The van der Waals surface area contributed by atoms with Crippen LogP contribution >= 0.6 is 15.9 Å². The molecule has 94 valence electrons. The third-order valence-corrected chi connectivity index (χ3v) is 3.22. The highest BCUT2D eigenvalue weighted by Gasteiger charge is 2.18. The standard InChI is InChI=1S/C14H14BrNO2/c1-3-18-14(17)12-9(2)8-16-13(12)10-4-6-11(15)7-5-10/h4-8,16H,3H2,1-2H3. The topological polar surface area (TPSA) is 42.1 Å². The fourth-order valence-electron chi connectivity index (χ4n) is 1.83. The summed E-state index contributed by atoms with van der Waals surface area (Å²) in [7, 11) is 0. The summed E-state index contributed by atoms with van der Waals surface area (Å²) in [6.45, 7) is 4.08. The summed E-state index contributed by atoms with van der Waals surface area (Å²) in [5, 5.41) is 0. The lowest BCUT2D eigenvalue weighted by molar-refractivity contribution is 0.0527. The van der Waals surface area contributed by atoms with Gasteiger partial charge in [0, 0.05) is 10.7 Å². The minimum Gasteiger partial charge on any atom is -0.462 e. The molecule has 0 fully saturated rings. The van der Waals surface area contributed by atoms with Crippen LogP contribution in [0.15, 0.2) is 34.9 Å². The molecule has 1 aromatic heterocycles. The van der Waals surface area contributed by atoms with Gasteiger partial charge in [0.15, 0.2) is 0 Å². The Balaban J connectivity index is 2.45. The van der Waals surface area contributed by atoms with Crippen LogP contribution in [0, 0.1) is 6.92 Å². The molecule has 18 heavy (non-hydrogen) atoms. The van der Waals surface area contributed by atoms with Gasteiger partial charge in [-0.2, -0.15) is 0 Å². The minimum absolute atomic E-state index is 0.283. The van der Waals surface area contributed by atoms with Crippen molar-refractivity contribution in [1.29, 1.82) is 0 Å². The van der Waals surface area contributed by atoms with Gasteiger partial charge in [0.05, 0.1) is 17.9 Å². The normalized spacial score (nSPS) is 10.4. The van der Waals surface area contributed by atoms with Crippen LogP contribution in [0.5, 0.6) is 0 Å². The predicted octanol–water partition coefficient (Wildman–Crippen LogP) is 3.93. The molecule has 0 saturated carbocycles. The van der Waals surface area contributed by atoms with Gasteiger partial charge in [-0.05, 0) is 37.1 Å². The van der Waals surface area contributed by atoms with Crippen molar-refractivity contribution in [3.05, 3.63) is 46.1 Å². The zero-order chi connectivity index (χ0) is 13.1. The van der Waals surface area contributed by atoms with Crippen molar-refractivity contribution < 1.29 is 9.53 Å². The first-order valence-corrected chi connectivity index (χ1v) is 6.53. The summed E-state index contributed by atoms with van der Waals surface area (Å²) in [5.41, 5.74) is 3.28. The van der Waals surface area contributed by atoms with Crippen molar-refractivity contribution in [1.82, 2.24) is 4.98 Å². The highest BCUT2D eigenvalue weighted by molar-refractivity contribution is 9.10. The van der Waals surface area contributed by atoms with E-state index in [9.17, 15) is 4.79 Å². The number of halogens is 1. The molecule has 0 spiro atoms. The van der Waals surface area contributed by atoms with Crippen LogP contribution in [0.4, 0.5) is 0 Å².